The Labute approximate surface area is 153 Å². The number of amides is 1. The van der Waals surface area contributed by atoms with Gasteiger partial charge < -0.3 is 9.73 Å². The van der Waals surface area contributed by atoms with Crippen LogP contribution in [-0.4, -0.2) is 14.7 Å². The van der Waals surface area contributed by atoms with Crippen molar-refractivity contribution in [3.63, 3.8) is 0 Å². The summed E-state index contributed by atoms with van der Waals surface area (Å²) in [7, 11) is 0. The second-order valence-electron chi connectivity index (χ2n) is 5.47. The van der Waals surface area contributed by atoms with Crippen LogP contribution in [0.1, 0.15) is 11.1 Å². The van der Waals surface area contributed by atoms with E-state index in [0.717, 1.165) is 11.1 Å². The van der Waals surface area contributed by atoms with Crippen LogP contribution in [0.4, 0.5) is 5.69 Å². The van der Waals surface area contributed by atoms with Crippen molar-refractivity contribution in [1.82, 2.24) is 4.98 Å². The van der Waals surface area contributed by atoms with Crippen molar-refractivity contribution in [2.45, 2.75) is 17.6 Å². The number of rotatable bonds is 2. The number of alkyl halides is 3. The van der Waals surface area contributed by atoms with E-state index in [9.17, 15) is 4.79 Å². The van der Waals surface area contributed by atoms with Crippen LogP contribution in [-0.2, 0) is 4.79 Å². The number of aromatic nitrogens is 1. The molecule has 3 rings (SSSR count). The lowest BCUT2D eigenvalue weighted by Crippen LogP contribution is -2.26. The summed E-state index contributed by atoms with van der Waals surface area (Å²) >= 11 is 16.7. The number of carbonyl (C=O) groups is 1. The molecule has 1 heterocycles. The van der Waals surface area contributed by atoms with Gasteiger partial charge in [-0.2, -0.15) is 0 Å². The summed E-state index contributed by atoms with van der Waals surface area (Å²) in [6, 6.07) is 11.1. The molecule has 24 heavy (non-hydrogen) atoms. The van der Waals surface area contributed by atoms with Crippen LogP contribution in [0.15, 0.2) is 40.8 Å². The lowest BCUT2D eigenvalue weighted by atomic mass is 10.1. The van der Waals surface area contributed by atoms with Gasteiger partial charge in [-0.15, -0.1) is 0 Å². The van der Waals surface area contributed by atoms with E-state index in [0.29, 0.717) is 22.7 Å². The van der Waals surface area contributed by atoms with E-state index in [4.69, 9.17) is 39.2 Å². The first-order valence-corrected chi connectivity index (χ1v) is 8.24. The first-order chi connectivity index (χ1) is 11.2. The molecule has 0 spiro atoms. The van der Waals surface area contributed by atoms with Crippen LogP contribution in [0, 0.1) is 13.8 Å². The van der Waals surface area contributed by atoms with Gasteiger partial charge in [-0.25, -0.2) is 4.98 Å². The van der Waals surface area contributed by atoms with Gasteiger partial charge in [-0.1, -0.05) is 52.5 Å². The number of fused-ring (bicyclic) bond motifs is 1. The number of halogens is 3. The summed E-state index contributed by atoms with van der Waals surface area (Å²) < 4.78 is 3.78. The Morgan fingerprint density at radius 2 is 1.88 bits per heavy atom. The SMILES string of the molecule is Cc1ccc(-c2nc3cc(NC(=O)C(Cl)(Cl)Cl)ccc3o2)c(C)c1. The molecular weight excluding hydrogens is 371 g/mol. The molecule has 0 bridgehead atoms. The molecule has 1 amide bonds. The van der Waals surface area contributed by atoms with Gasteiger partial charge in [-0.3, -0.25) is 4.79 Å². The van der Waals surface area contributed by atoms with Crippen LogP contribution < -0.4 is 5.32 Å². The number of hydrogen-bond acceptors (Lipinski definition) is 3. The zero-order chi connectivity index (χ0) is 17.5. The Kier molecular flexibility index (Phi) is 4.47. The van der Waals surface area contributed by atoms with Crippen LogP contribution in [0.3, 0.4) is 0 Å². The fraction of sp³-hybridized carbons (Fsp3) is 0.176. The molecule has 0 fully saturated rings. The second kappa shape index (κ2) is 6.28. The maximum atomic E-state index is 11.7. The number of benzene rings is 2. The molecule has 124 valence electrons. The van der Waals surface area contributed by atoms with Gasteiger partial charge in [0.2, 0.25) is 5.89 Å². The number of aryl methyl sites for hydroxylation is 2. The number of oxazole rings is 1. The highest BCUT2D eigenvalue weighted by Gasteiger charge is 2.30. The first-order valence-electron chi connectivity index (χ1n) is 7.10. The van der Waals surface area contributed by atoms with Crippen molar-refractivity contribution in [3.05, 3.63) is 47.5 Å². The Morgan fingerprint density at radius 1 is 1.12 bits per heavy atom. The Hall–Kier alpha value is -1.75. The predicted molar refractivity (Wildman–Crippen MR) is 97.8 cm³/mol. The summed E-state index contributed by atoms with van der Waals surface area (Å²) in [6.07, 6.45) is 0. The largest absolute Gasteiger partial charge is 0.436 e. The molecule has 7 heteroatoms. The highest BCUT2D eigenvalue weighted by atomic mass is 35.6. The molecular formula is C17H13Cl3N2O2. The number of anilines is 1. The van der Waals surface area contributed by atoms with E-state index in [2.05, 4.69) is 16.4 Å². The standard InChI is InChI=1S/C17H13Cl3N2O2/c1-9-3-5-12(10(2)7-9)15-22-13-8-11(4-6-14(13)24-15)21-16(23)17(18,19)20/h3-8H,1-2H3,(H,21,23). The third kappa shape index (κ3) is 3.51. The number of nitrogens with zero attached hydrogens (tertiary/aromatic N) is 1. The van der Waals surface area contributed by atoms with Crippen molar-refractivity contribution in [3.8, 4) is 11.5 Å². The van der Waals surface area contributed by atoms with Gasteiger partial charge in [0.05, 0.1) is 0 Å². The third-order valence-electron chi connectivity index (χ3n) is 3.52. The zero-order valence-corrected chi connectivity index (χ0v) is 15.1. The van der Waals surface area contributed by atoms with Crippen LogP contribution in [0.2, 0.25) is 0 Å². The Morgan fingerprint density at radius 3 is 2.54 bits per heavy atom. The molecule has 4 nitrogen and oxygen atoms in total. The summed E-state index contributed by atoms with van der Waals surface area (Å²) in [5.74, 6) is -0.211. The van der Waals surface area contributed by atoms with E-state index >= 15 is 0 Å². The van der Waals surface area contributed by atoms with E-state index in [1.54, 1.807) is 18.2 Å². The molecule has 0 unspecified atom stereocenters. The van der Waals surface area contributed by atoms with E-state index < -0.39 is 9.70 Å². The third-order valence-corrected chi connectivity index (χ3v) is 4.03. The molecule has 0 aliphatic rings. The van der Waals surface area contributed by atoms with Gasteiger partial charge >= 0.3 is 0 Å². The number of hydrogen-bond donors (Lipinski definition) is 1. The summed E-state index contributed by atoms with van der Waals surface area (Å²) in [6.45, 7) is 4.03. The molecule has 2 aromatic carbocycles. The van der Waals surface area contributed by atoms with Crippen LogP contribution in [0.25, 0.3) is 22.6 Å². The molecule has 0 atom stereocenters. The van der Waals surface area contributed by atoms with Gasteiger partial charge in [0, 0.05) is 11.3 Å². The average Bonchev–Trinajstić information content (AvgIpc) is 2.88. The maximum absolute atomic E-state index is 11.7. The second-order valence-corrected chi connectivity index (χ2v) is 7.75. The molecule has 1 N–H and O–H groups in total. The fourth-order valence-corrected chi connectivity index (χ4v) is 2.52. The molecule has 0 saturated heterocycles. The molecule has 0 aliphatic carbocycles. The monoisotopic (exact) mass is 382 g/mol. The van der Waals surface area contributed by atoms with E-state index in [-0.39, 0.29) is 0 Å². The molecule has 1 aromatic heterocycles. The fourth-order valence-electron chi connectivity index (χ4n) is 2.38. The van der Waals surface area contributed by atoms with Gasteiger partial charge in [0.25, 0.3) is 9.70 Å². The zero-order valence-electron chi connectivity index (χ0n) is 12.9. The minimum absolute atomic E-state index is 0.472. The van der Waals surface area contributed by atoms with Crippen molar-refractivity contribution in [2.24, 2.45) is 0 Å². The van der Waals surface area contributed by atoms with Gasteiger partial charge in [0.1, 0.15) is 5.52 Å². The van der Waals surface area contributed by atoms with E-state index in [1.807, 2.05) is 26.0 Å². The quantitative estimate of drug-likeness (QED) is 0.601. The van der Waals surface area contributed by atoms with E-state index in [1.165, 1.54) is 5.56 Å². The van der Waals surface area contributed by atoms with Gasteiger partial charge in [-0.05, 0) is 43.7 Å². The highest BCUT2D eigenvalue weighted by molar-refractivity contribution is 6.76. The molecule has 3 aromatic rings. The molecule has 0 saturated carbocycles. The lowest BCUT2D eigenvalue weighted by Gasteiger charge is -2.10. The lowest BCUT2D eigenvalue weighted by molar-refractivity contribution is -0.115. The Balaban J connectivity index is 1.96. The number of nitrogens with one attached hydrogen (secondary N) is 1. The minimum Gasteiger partial charge on any atom is -0.436 e. The Bertz CT molecular complexity index is 929. The average molecular weight is 384 g/mol. The highest BCUT2D eigenvalue weighted by Crippen LogP contribution is 2.30. The summed E-state index contributed by atoms with van der Waals surface area (Å²) in [4.78, 5) is 16.2. The number of carbonyl (C=O) groups excluding carboxylic acids is 1. The topological polar surface area (TPSA) is 55.1 Å². The smallest absolute Gasteiger partial charge is 0.276 e. The van der Waals surface area contributed by atoms with Crippen LogP contribution in [0.5, 0.6) is 0 Å². The molecule has 0 aliphatic heterocycles. The summed E-state index contributed by atoms with van der Waals surface area (Å²) in [5.41, 5.74) is 4.85. The van der Waals surface area contributed by atoms with Crippen molar-refractivity contribution in [1.29, 1.82) is 0 Å². The summed E-state index contributed by atoms with van der Waals surface area (Å²) in [5, 5.41) is 2.53. The van der Waals surface area contributed by atoms with Crippen molar-refractivity contribution < 1.29 is 9.21 Å². The van der Waals surface area contributed by atoms with Gasteiger partial charge in [0.15, 0.2) is 5.58 Å². The van der Waals surface area contributed by atoms with Crippen LogP contribution >= 0.6 is 34.8 Å². The normalized spacial score (nSPS) is 11.7. The predicted octanol–water partition coefficient (Wildman–Crippen LogP) is 5.42. The first kappa shape index (κ1) is 17.1. The van der Waals surface area contributed by atoms with Crippen molar-refractivity contribution in [2.75, 3.05) is 5.32 Å². The molecule has 0 radical (unpaired) electrons. The van der Waals surface area contributed by atoms with Crippen molar-refractivity contribution >= 4 is 57.5 Å². The maximum Gasteiger partial charge on any atom is 0.276 e. The minimum atomic E-state index is -2.02.